The number of carbonyl (C=O) groups excluding carboxylic acids is 3. The van der Waals surface area contributed by atoms with Crippen molar-refractivity contribution >= 4 is 17.9 Å². The molecule has 0 aromatic carbocycles. The van der Waals surface area contributed by atoms with Crippen molar-refractivity contribution in [2.24, 2.45) is 11.8 Å². The zero-order valence-corrected chi connectivity index (χ0v) is 45.3. The molecule has 0 aliphatic heterocycles. The highest BCUT2D eigenvalue weighted by Gasteiger charge is 2.19. The molecule has 0 saturated carbocycles. The Balaban J connectivity index is 4.29. The van der Waals surface area contributed by atoms with Gasteiger partial charge in [-0.15, -0.1) is 0 Å². The fraction of sp³-hybridized carbons (Fsp3) is 0.950. The van der Waals surface area contributed by atoms with Crippen LogP contribution in [0.5, 0.6) is 0 Å². The third-order valence-corrected chi connectivity index (χ3v) is 14.1. The van der Waals surface area contributed by atoms with E-state index in [9.17, 15) is 14.4 Å². The molecule has 6 nitrogen and oxygen atoms in total. The van der Waals surface area contributed by atoms with Gasteiger partial charge in [0.1, 0.15) is 13.2 Å². The molecule has 0 bridgehead atoms. The molecule has 0 aromatic heterocycles. The summed E-state index contributed by atoms with van der Waals surface area (Å²) in [5.74, 6) is 0.903. The normalized spacial score (nSPS) is 12.5. The van der Waals surface area contributed by atoms with E-state index in [0.717, 1.165) is 69.6 Å². The second kappa shape index (κ2) is 52.8. The molecule has 392 valence electrons. The maximum Gasteiger partial charge on any atom is 0.306 e. The molecule has 0 fully saturated rings. The average Bonchev–Trinajstić information content (AvgIpc) is 3.30. The minimum Gasteiger partial charge on any atom is -0.462 e. The van der Waals surface area contributed by atoms with Crippen molar-refractivity contribution in [1.82, 2.24) is 0 Å². The Labute approximate surface area is 412 Å². The third-order valence-electron chi connectivity index (χ3n) is 14.1. The lowest BCUT2D eigenvalue weighted by molar-refractivity contribution is -0.167. The number of rotatable bonds is 54. The molecular formula is C60H116O6. The van der Waals surface area contributed by atoms with E-state index < -0.39 is 6.10 Å². The van der Waals surface area contributed by atoms with Gasteiger partial charge in [-0.25, -0.2) is 0 Å². The first-order valence-electron chi connectivity index (χ1n) is 29.8. The molecule has 6 heteroatoms. The largest absolute Gasteiger partial charge is 0.462 e. The maximum absolute atomic E-state index is 12.9. The molecular weight excluding hydrogens is 817 g/mol. The zero-order chi connectivity index (χ0) is 48.2. The Morgan fingerprint density at radius 1 is 0.318 bits per heavy atom. The highest BCUT2D eigenvalue weighted by Crippen LogP contribution is 2.19. The van der Waals surface area contributed by atoms with E-state index in [1.165, 1.54) is 225 Å². The number of unbranched alkanes of at least 4 members (excludes halogenated alkanes) is 38. The van der Waals surface area contributed by atoms with Crippen LogP contribution in [0.25, 0.3) is 0 Å². The number of ether oxygens (including phenoxy) is 3. The molecule has 0 aliphatic rings. The molecule has 1 unspecified atom stereocenters. The molecule has 0 heterocycles. The van der Waals surface area contributed by atoms with E-state index in [4.69, 9.17) is 14.2 Å². The molecule has 0 radical (unpaired) electrons. The second-order valence-electron chi connectivity index (χ2n) is 21.4. The monoisotopic (exact) mass is 933 g/mol. The Bertz CT molecular complexity index is 1010. The van der Waals surface area contributed by atoms with Crippen LogP contribution in [0.15, 0.2) is 0 Å². The Kier molecular flexibility index (Phi) is 51.5. The summed E-state index contributed by atoms with van der Waals surface area (Å²) in [6.07, 6.45) is 56.6. The molecule has 0 N–H and O–H groups in total. The van der Waals surface area contributed by atoms with Crippen molar-refractivity contribution in [3.8, 4) is 0 Å². The lowest BCUT2D eigenvalue weighted by Crippen LogP contribution is -2.30. The number of hydrogen-bond acceptors (Lipinski definition) is 6. The summed E-state index contributed by atoms with van der Waals surface area (Å²) < 4.78 is 16.9. The molecule has 0 spiro atoms. The quantitative estimate of drug-likeness (QED) is 0.0343. The molecule has 0 aliphatic carbocycles. The van der Waals surface area contributed by atoms with Crippen molar-refractivity contribution in [2.45, 2.75) is 343 Å². The Morgan fingerprint density at radius 2 is 0.576 bits per heavy atom. The van der Waals surface area contributed by atoms with Crippen LogP contribution in [0.3, 0.4) is 0 Å². The first-order valence-corrected chi connectivity index (χ1v) is 29.8. The summed E-state index contributed by atoms with van der Waals surface area (Å²) >= 11 is 0. The SMILES string of the molecule is CCCCCCCCCCCCCCCC(=O)OC[C@H](COC(=O)CCCCCCCCCCCCCCCCC(C)C)OC(=O)CCCCCCCCCCCCCCCCC(C)CC. The van der Waals surface area contributed by atoms with E-state index in [2.05, 4.69) is 34.6 Å². The van der Waals surface area contributed by atoms with E-state index in [-0.39, 0.29) is 31.1 Å². The van der Waals surface area contributed by atoms with Crippen molar-refractivity contribution < 1.29 is 28.6 Å². The van der Waals surface area contributed by atoms with Crippen LogP contribution < -0.4 is 0 Å². The van der Waals surface area contributed by atoms with Gasteiger partial charge in [0.25, 0.3) is 0 Å². The number of carbonyl (C=O) groups is 3. The summed E-state index contributed by atoms with van der Waals surface area (Å²) in [6, 6.07) is 0. The van der Waals surface area contributed by atoms with Crippen LogP contribution in [-0.2, 0) is 28.6 Å². The zero-order valence-electron chi connectivity index (χ0n) is 45.3. The van der Waals surface area contributed by atoms with E-state index in [1.807, 2.05) is 0 Å². The van der Waals surface area contributed by atoms with Gasteiger partial charge in [-0.05, 0) is 31.1 Å². The number of hydrogen-bond donors (Lipinski definition) is 0. The lowest BCUT2D eigenvalue weighted by atomic mass is 9.99. The van der Waals surface area contributed by atoms with Crippen molar-refractivity contribution in [1.29, 1.82) is 0 Å². The van der Waals surface area contributed by atoms with Gasteiger partial charge in [0.05, 0.1) is 0 Å². The highest BCUT2D eigenvalue weighted by molar-refractivity contribution is 5.71. The van der Waals surface area contributed by atoms with Gasteiger partial charge in [0.15, 0.2) is 6.10 Å². The van der Waals surface area contributed by atoms with Crippen LogP contribution in [-0.4, -0.2) is 37.2 Å². The van der Waals surface area contributed by atoms with Crippen LogP contribution >= 0.6 is 0 Å². The predicted molar refractivity (Wildman–Crippen MR) is 284 cm³/mol. The van der Waals surface area contributed by atoms with E-state index in [1.54, 1.807) is 0 Å². The fourth-order valence-electron chi connectivity index (χ4n) is 9.20. The summed E-state index contributed by atoms with van der Waals surface area (Å²) in [7, 11) is 0. The molecule has 0 amide bonds. The molecule has 66 heavy (non-hydrogen) atoms. The van der Waals surface area contributed by atoms with Gasteiger partial charge >= 0.3 is 17.9 Å². The summed E-state index contributed by atoms with van der Waals surface area (Å²) in [5, 5.41) is 0. The van der Waals surface area contributed by atoms with Gasteiger partial charge < -0.3 is 14.2 Å². The smallest absolute Gasteiger partial charge is 0.306 e. The topological polar surface area (TPSA) is 78.9 Å². The van der Waals surface area contributed by atoms with Gasteiger partial charge in [0.2, 0.25) is 0 Å². The fourth-order valence-corrected chi connectivity index (χ4v) is 9.20. The van der Waals surface area contributed by atoms with Gasteiger partial charge in [-0.2, -0.15) is 0 Å². The standard InChI is InChI=1S/C60H116O6/c1-6-8-9-10-11-12-13-18-25-30-35-40-45-50-58(61)64-53-57(54-65-59(62)51-46-41-36-31-26-21-16-14-19-23-28-33-38-43-48-55(3)4)66-60(63)52-47-42-37-32-27-22-17-15-20-24-29-34-39-44-49-56(5)7-2/h55-57H,6-54H2,1-5H3/t56?,57-/m1/s1. The van der Waals surface area contributed by atoms with E-state index >= 15 is 0 Å². The first kappa shape index (κ1) is 64.4. The number of esters is 3. The minimum atomic E-state index is -0.763. The van der Waals surface area contributed by atoms with Crippen molar-refractivity contribution in [2.75, 3.05) is 13.2 Å². The molecule has 0 rings (SSSR count). The maximum atomic E-state index is 12.9. The van der Waals surface area contributed by atoms with Gasteiger partial charge in [-0.3, -0.25) is 14.4 Å². The molecule has 0 aromatic rings. The van der Waals surface area contributed by atoms with E-state index in [0.29, 0.717) is 19.3 Å². The van der Waals surface area contributed by atoms with Crippen LogP contribution in [0.1, 0.15) is 336 Å². The Morgan fingerprint density at radius 3 is 0.864 bits per heavy atom. The van der Waals surface area contributed by atoms with Gasteiger partial charge in [-0.1, -0.05) is 298 Å². The molecule has 2 atom stereocenters. The van der Waals surface area contributed by atoms with Crippen molar-refractivity contribution in [3.63, 3.8) is 0 Å². The first-order chi connectivity index (χ1) is 32.3. The van der Waals surface area contributed by atoms with Crippen LogP contribution in [0.4, 0.5) is 0 Å². The van der Waals surface area contributed by atoms with Crippen LogP contribution in [0.2, 0.25) is 0 Å². The van der Waals surface area contributed by atoms with Crippen molar-refractivity contribution in [3.05, 3.63) is 0 Å². The third kappa shape index (κ3) is 51.8. The summed E-state index contributed by atoms with van der Waals surface area (Å²) in [6.45, 7) is 11.5. The average molecular weight is 934 g/mol. The van der Waals surface area contributed by atoms with Gasteiger partial charge in [0, 0.05) is 19.3 Å². The lowest BCUT2D eigenvalue weighted by Gasteiger charge is -2.18. The highest BCUT2D eigenvalue weighted by atomic mass is 16.6. The Hall–Kier alpha value is -1.59. The predicted octanol–water partition coefficient (Wildman–Crippen LogP) is 19.7. The minimum absolute atomic E-state index is 0.0624. The van der Waals surface area contributed by atoms with Crippen LogP contribution in [0, 0.1) is 11.8 Å². The summed E-state index contributed by atoms with van der Waals surface area (Å²) in [5.41, 5.74) is 0. The summed E-state index contributed by atoms with van der Waals surface area (Å²) in [4.78, 5) is 38.2. The molecule has 0 saturated heterocycles. The second-order valence-corrected chi connectivity index (χ2v) is 21.4.